The normalized spacial score (nSPS) is 10.4. The van der Waals surface area contributed by atoms with Crippen molar-refractivity contribution in [1.29, 1.82) is 5.26 Å². The Balaban J connectivity index is 2.38. The van der Waals surface area contributed by atoms with E-state index in [0.717, 1.165) is 20.8 Å². The summed E-state index contributed by atoms with van der Waals surface area (Å²) in [6.45, 7) is 3.80. The minimum Gasteiger partial charge on any atom is -0.260 e. The molecule has 0 amide bonds. The molecule has 2 heterocycles. The molecule has 0 aliphatic rings. The van der Waals surface area contributed by atoms with Gasteiger partial charge in [0.25, 0.3) is 0 Å². The SMILES string of the molecule is Cc1csc(Sc2c(C#N)c(C)nn2C)n1. The molecule has 2 rings (SSSR count). The van der Waals surface area contributed by atoms with Crippen molar-refractivity contribution >= 4 is 23.1 Å². The van der Waals surface area contributed by atoms with Gasteiger partial charge in [0.2, 0.25) is 0 Å². The third-order valence-corrected chi connectivity index (χ3v) is 4.28. The lowest BCUT2D eigenvalue weighted by molar-refractivity contribution is 0.691. The van der Waals surface area contributed by atoms with E-state index in [1.807, 2.05) is 26.3 Å². The van der Waals surface area contributed by atoms with Gasteiger partial charge in [-0.2, -0.15) is 10.4 Å². The molecule has 0 atom stereocenters. The van der Waals surface area contributed by atoms with Crippen LogP contribution in [-0.4, -0.2) is 14.8 Å². The van der Waals surface area contributed by atoms with Crippen molar-refractivity contribution < 1.29 is 0 Å². The summed E-state index contributed by atoms with van der Waals surface area (Å²) in [5.41, 5.74) is 2.41. The van der Waals surface area contributed by atoms with Crippen molar-refractivity contribution in [1.82, 2.24) is 14.8 Å². The van der Waals surface area contributed by atoms with E-state index >= 15 is 0 Å². The highest BCUT2D eigenvalue weighted by Gasteiger charge is 2.15. The average molecular weight is 250 g/mol. The molecule has 0 aliphatic heterocycles. The van der Waals surface area contributed by atoms with Crippen LogP contribution in [0, 0.1) is 25.2 Å². The maximum atomic E-state index is 9.06. The highest BCUT2D eigenvalue weighted by molar-refractivity contribution is 8.01. The number of rotatable bonds is 2. The van der Waals surface area contributed by atoms with Gasteiger partial charge in [-0.3, -0.25) is 4.68 Å². The molecule has 2 aromatic rings. The van der Waals surface area contributed by atoms with Crippen LogP contribution in [0.3, 0.4) is 0 Å². The zero-order chi connectivity index (χ0) is 11.7. The Morgan fingerprint density at radius 3 is 2.81 bits per heavy atom. The van der Waals surface area contributed by atoms with Gasteiger partial charge in [-0.25, -0.2) is 4.98 Å². The molecule has 4 nitrogen and oxygen atoms in total. The Morgan fingerprint density at radius 2 is 2.25 bits per heavy atom. The Morgan fingerprint density at radius 1 is 1.50 bits per heavy atom. The lowest BCUT2D eigenvalue weighted by atomic mass is 10.3. The molecule has 82 valence electrons. The van der Waals surface area contributed by atoms with Crippen LogP contribution in [0.15, 0.2) is 14.7 Å². The highest BCUT2D eigenvalue weighted by atomic mass is 32.2. The summed E-state index contributed by atoms with van der Waals surface area (Å²) in [6, 6.07) is 2.18. The largest absolute Gasteiger partial charge is 0.260 e. The molecule has 0 aromatic carbocycles. The standard InChI is InChI=1S/C10H10N4S2/c1-6-5-15-10(12-6)16-9-8(4-11)7(2)13-14(9)3/h5H,1-3H3. The average Bonchev–Trinajstić information content (AvgIpc) is 2.73. The molecule has 16 heavy (non-hydrogen) atoms. The van der Waals surface area contributed by atoms with Crippen molar-refractivity contribution in [3.63, 3.8) is 0 Å². The van der Waals surface area contributed by atoms with Crippen LogP contribution in [0.25, 0.3) is 0 Å². The fraction of sp³-hybridized carbons (Fsp3) is 0.300. The molecule has 0 aliphatic carbocycles. The van der Waals surface area contributed by atoms with Crippen LogP contribution in [-0.2, 0) is 7.05 Å². The van der Waals surface area contributed by atoms with E-state index in [9.17, 15) is 0 Å². The Labute approximate surface area is 102 Å². The van der Waals surface area contributed by atoms with Gasteiger partial charge < -0.3 is 0 Å². The summed E-state index contributed by atoms with van der Waals surface area (Å²) in [7, 11) is 1.84. The Hall–Kier alpha value is -1.32. The molecule has 0 radical (unpaired) electrons. The molecule has 0 spiro atoms. The molecule has 0 N–H and O–H groups in total. The lowest BCUT2D eigenvalue weighted by Crippen LogP contribution is -1.92. The number of hydrogen-bond acceptors (Lipinski definition) is 5. The van der Waals surface area contributed by atoms with Crippen molar-refractivity contribution in [3.8, 4) is 6.07 Å². The molecule has 0 saturated heterocycles. The summed E-state index contributed by atoms with van der Waals surface area (Å²) in [5, 5.41) is 16.2. The van der Waals surface area contributed by atoms with E-state index in [0.29, 0.717) is 5.56 Å². The van der Waals surface area contributed by atoms with E-state index in [4.69, 9.17) is 5.26 Å². The summed E-state index contributed by atoms with van der Waals surface area (Å²) in [5.74, 6) is 0. The molecule has 6 heteroatoms. The van der Waals surface area contributed by atoms with Gasteiger partial charge in [0.1, 0.15) is 16.7 Å². The van der Waals surface area contributed by atoms with E-state index in [1.165, 1.54) is 11.8 Å². The molecule has 0 saturated carbocycles. The summed E-state index contributed by atoms with van der Waals surface area (Å²) < 4.78 is 2.67. The lowest BCUT2D eigenvalue weighted by Gasteiger charge is -1.98. The van der Waals surface area contributed by atoms with Crippen LogP contribution in [0.1, 0.15) is 17.0 Å². The highest BCUT2D eigenvalue weighted by Crippen LogP contribution is 2.33. The Bertz CT molecular complexity index is 562. The first kappa shape index (κ1) is 11.2. The van der Waals surface area contributed by atoms with E-state index in [1.54, 1.807) is 16.0 Å². The Kier molecular flexibility index (Phi) is 2.99. The molecular formula is C10H10N4S2. The molecule has 0 bridgehead atoms. The maximum Gasteiger partial charge on any atom is 0.156 e. The zero-order valence-corrected chi connectivity index (χ0v) is 10.8. The molecule has 0 fully saturated rings. The van der Waals surface area contributed by atoms with Gasteiger partial charge in [-0.05, 0) is 25.6 Å². The number of thiazole rings is 1. The smallest absolute Gasteiger partial charge is 0.156 e. The number of nitrogens with zero attached hydrogens (tertiary/aromatic N) is 4. The first-order chi connectivity index (χ1) is 7.61. The number of aryl methyl sites for hydroxylation is 3. The fourth-order valence-electron chi connectivity index (χ4n) is 1.34. The second-order valence-electron chi connectivity index (χ2n) is 3.36. The predicted octanol–water partition coefficient (Wildman–Crippen LogP) is 2.52. The molecular weight excluding hydrogens is 240 g/mol. The van der Waals surface area contributed by atoms with Crippen LogP contribution >= 0.6 is 23.1 Å². The zero-order valence-electron chi connectivity index (χ0n) is 9.18. The minimum absolute atomic E-state index is 0.639. The number of aromatic nitrogens is 3. The van der Waals surface area contributed by atoms with E-state index in [-0.39, 0.29) is 0 Å². The van der Waals surface area contributed by atoms with E-state index in [2.05, 4.69) is 16.2 Å². The summed E-state index contributed by atoms with van der Waals surface area (Å²) in [6.07, 6.45) is 0. The van der Waals surface area contributed by atoms with Crippen LogP contribution < -0.4 is 0 Å². The predicted molar refractivity (Wildman–Crippen MR) is 63.6 cm³/mol. The second kappa shape index (κ2) is 4.28. The van der Waals surface area contributed by atoms with Crippen LogP contribution in [0.5, 0.6) is 0 Å². The second-order valence-corrected chi connectivity index (χ2v) is 5.45. The quantitative estimate of drug-likeness (QED) is 0.821. The topological polar surface area (TPSA) is 54.5 Å². The fourth-order valence-corrected chi connectivity index (χ4v) is 3.26. The molecule has 2 aromatic heterocycles. The first-order valence-electron chi connectivity index (χ1n) is 4.65. The number of hydrogen-bond donors (Lipinski definition) is 0. The van der Waals surface area contributed by atoms with Gasteiger partial charge in [0, 0.05) is 18.1 Å². The maximum absolute atomic E-state index is 9.06. The van der Waals surface area contributed by atoms with Crippen LogP contribution in [0.2, 0.25) is 0 Å². The number of nitriles is 1. The van der Waals surface area contributed by atoms with Crippen LogP contribution in [0.4, 0.5) is 0 Å². The van der Waals surface area contributed by atoms with E-state index < -0.39 is 0 Å². The summed E-state index contributed by atoms with van der Waals surface area (Å²) in [4.78, 5) is 4.36. The van der Waals surface area contributed by atoms with Gasteiger partial charge in [0.15, 0.2) is 4.34 Å². The molecule has 0 unspecified atom stereocenters. The van der Waals surface area contributed by atoms with Crippen molar-refractivity contribution in [2.24, 2.45) is 7.05 Å². The first-order valence-corrected chi connectivity index (χ1v) is 6.35. The van der Waals surface area contributed by atoms with Crippen molar-refractivity contribution in [2.45, 2.75) is 23.2 Å². The monoisotopic (exact) mass is 250 g/mol. The van der Waals surface area contributed by atoms with Gasteiger partial charge in [-0.15, -0.1) is 11.3 Å². The third-order valence-electron chi connectivity index (χ3n) is 2.06. The summed E-state index contributed by atoms with van der Waals surface area (Å²) >= 11 is 3.08. The van der Waals surface area contributed by atoms with Crippen molar-refractivity contribution in [2.75, 3.05) is 0 Å². The van der Waals surface area contributed by atoms with Gasteiger partial charge in [0.05, 0.1) is 5.69 Å². The van der Waals surface area contributed by atoms with Gasteiger partial charge >= 0.3 is 0 Å². The van der Waals surface area contributed by atoms with Gasteiger partial charge in [-0.1, -0.05) is 0 Å². The minimum atomic E-state index is 0.639. The van der Waals surface area contributed by atoms with Crippen molar-refractivity contribution in [3.05, 3.63) is 22.3 Å². The third kappa shape index (κ3) is 1.96.